The topological polar surface area (TPSA) is 47.6 Å². The Morgan fingerprint density at radius 1 is 1.09 bits per heavy atom. The molecule has 4 nitrogen and oxygen atoms in total. The Labute approximate surface area is 140 Å². The minimum absolute atomic E-state index is 0.0294. The van der Waals surface area contributed by atoms with Crippen LogP contribution in [0.25, 0.3) is 0 Å². The van der Waals surface area contributed by atoms with Gasteiger partial charge < -0.3 is 14.8 Å². The summed E-state index contributed by atoms with van der Waals surface area (Å²) in [5, 5.41) is 3.05. The second-order valence-corrected chi connectivity index (χ2v) is 5.85. The summed E-state index contributed by atoms with van der Waals surface area (Å²) < 4.78 is 10.9. The number of benzene rings is 1. The van der Waals surface area contributed by atoms with E-state index < -0.39 is 6.10 Å². The van der Waals surface area contributed by atoms with Gasteiger partial charge in [0.15, 0.2) is 6.10 Å². The fourth-order valence-electron chi connectivity index (χ4n) is 2.44. The van der Waals surface area contributed by atoms with E-state index in [1.54, 1.807) is 7.11 Å². The van der Waals surface area contributed by atoms with E-state index in [9.17, 15) is 4.79 Å². The predicted octanol–water partition coefficient (Wildman–Crippen LogP) is 4.19. The summed E-state index contributed by atoms with van der Waals surface area (Å²) >= 11 is 0. The first-order valence-electron chi connectivity index (χ1n) is 8.72. The first kappa shape index (κ1) is 19.3. The van der Waals surface area contributed by atoms with Crippen molar-refractivity contribution in [2.45, 2.75) is 59.0 Å². The van der Waals surface area contributed by atoms with Crippen molar-refractivity contribution < 1.29 is 14.3 Å². The van der Waals surface area contributed by atoms with Crippen molar-refractivity contribution in [3.63, 3.8) is 0 Å². The van der Waals surface area contributed by atoms with E-state index in [0.717, 1.165) is 18.7 Å². The second-order valence-electron chi connectivity index (χ2n) is 5.85. The van der Waals surface area contributed by atoms with Crippen LogP contribution in [-0.4, -0.2) is 25.7 Å². The molecular formula is C19H31NO3. The molecule has 0 fully saturated rings. The molecule has 0 bridgehead atoms. The monoisotopic (exact) mass is 321 g/mol. The summed E-state index contributed by atoms with van der Waals surface area (Å²) in [4.78, 5) is 12.3. The maximum atomic E-state index is 12.3. The fraction of sp³-hybridized carbons (Fsp3) is 0.632. The average Bonchev–Trinajstić information content (AvgIpc) is 2.60. The SMILES string of the molecule is CCCC[C@@H](CC)CNC(=O)[C@@H](CC)Oc1ccc(OC)cc1. The molecule has 4 heteroatoms. The number of hydrogen-bond acceptors (Lipinski definition) is 3. The maximum absolute atomic E-state index is 12.3. The van der Waals surface area contributed by atoms with Crippen LogP contribution in [0.2, 0.25) is 0 Å². The molecule has 0 unspecified atom stereocenters. The highest BCUT2D eigenvalue weighted by Gasteiger charge is 2.19. The predicted molar refractivity (Wildman–Crippen MR) is 94.0 cm³/mol. The minimum atomic E-state index is -0.452. The molecule has 0 aromatic heterocycles. The lowest BCUT2D eigenvalue weighted by atomic mass is 9.99. The van der Waals surface area contributed by atoms with Gasteiger partial charge in [0.25, 0.3) is 5.91 Å². The number of methoxy groups -OCH3 is 1. The summed E-state index contributed by atoms with van der Waals surface area (Å²) in [6.07, 6.45) is 4.87. The molecule has 1 N–H and O–H groups in total. The van der Waals surface area contributed by atoms with Crippen LogP contribution < -0.4 is 14.8 Å². The normalized spacial score (nSPS) is 13.2. The number of ether oxygens (including phenoxy) is 2. The van der Waals surface area contributed by atoms with Crippen LogP contribution in [0.1, 0.15) is 52.9 Å². The van der Waals surface area contributed by atoms with E-state index in [1.807, 2.05) is 31.2 Å². The van der Waals surface area contributed by atoms with Gasteiger partial charge in [0.05, 0.1) is 7.11 Å². The average molecular weight is 321 g/mol. The highest BCUT2D eigenvalue weighted by molar-refractivity contribution is 5.81. The third-order valence-corrected chi connectivity index (χ3v) is 4.11. The number of unbranched alkanes of at least 4 members (excludes halogenated alkanes) is 1. The molecule has 1 aromatic rings. The van der Waals surface area contributed by atoms with Crippen LogP contribution in [0.3, 0.4) is 0 Å². The van der Waals surface area contributed by atoms with Gasteiger partial charge >= 0.3 is 0 Å². The highest BCUT2D eigenvalue weighted by atomic mass is 16.5. The van der Waals surface area contributed by atoms with E-state index in [-0.39, 0.29) is 5.91 Å². The van der Waals surface area contributed by atoms with Gasteiger partial charge in [0.2, 0.25) is 0 Å². The van der Waals surface area contributed by atoms with Crippen molar-refractivity contribution >= 4 is 5.91 Å². The lowest BCUT2D eigenvalue weighted by Gasteiger charge is -2.20. The summed E-state index contributed by atoms with van der Waals surface area (Å²) in [7, 11) is 1.63. The number of nitrogens with one attached hydrogen (secondary N) is 1. The summed E-state index contributed by atoms with van der Waals surface area (Å²) in [5.41, 5.74) is 0. The number of carbonyl (C=O) groups is 1. The van der Waals surface area contributed by atoms with E-state index in [4.69, 9.17) is 9.47 Å². The van der Waals surface area contributed by atoms with E-state index in [2.05, 4.69) is 19.2 Å². The number of rotatable bonds is 11. The maximum Gasteiger partial charge on any atom is 0.261 e. The lowest BCUT2D eigenvalue weighted by Crippen LogP contribution is -2.40. The van der Waals surface area contributed by atoms with E-state index >= 15 is 0 Å². The van der Waals surface area contributed by atoms with Crippen molar-refractivity contribution in [3.05, 3.63) is 24.3 Å². The Balaban J connectivity index is 2.50. The number of amides is 1. The van der Waals surface area contributed by atoms with Crippen LogP contribution in [0.5, 0.6) is 11.5 Å². The second kappa shape index (κ2) is 10.9. The van der Waals surface area contributed by atoms with Crippen LogP contribution in [-0.2, 0) is 4.79 Å². The zero-order valence-corrected chi connectivity index (χ0v) is 14.9. The van der Waals surface area contributed by atoms with Gasteiger partial charge in [-0.1, -0.05) is 40.0 Å². The molecule has 0 radical (unpaired) electrons. The first-order chi connectivity index (χ1) is 11.1. The van der Waals surface area contributed by atoms with Crippen LogP contribution in [0.4, 0.5) is 0 Å². The molecule has 130 valence electrons. The van der Waals surface area contributed by atoms with Gasteiger partial charge in [-0.05, 0) is 43.0 Å². The molecule has 0 heterocycles. The highest BCUT2D eigenvalue weighted by Crippen LogP contribution is 2.19. The Bertz CT molecular complexity index is 444. The van der Waals surface area contributed by atoms with Gasteiger partial charge in [0, 0.05) is 6.54 Å². The molecule has 0 aliphatic rings. The van der Waals surface area contributed by atoms with Crippen molar-refractivity contribution in [2.24, 2.45) is 5.92 Å². The summed E-state index contributed by atoms with van der Waals surface area (Å²) in [6.45, 7) is 7.07. The van der Waals surface area contributed by atoms with Gasteiger partial charge in [-0.25, -0.2) is 0 Å². The Kier molecular flexibility index (Phi) is 9.18. The van der Waals surface area contributed by atoms with Crippen LogP contribution in [0, 0.1) is 5.92 Å². The quantitative estimate of drug-likeness (QED) is 0.665. The van der Waals surface area contributed by atoms with E-state index in [0.29, 0.717) is 18.1 Å². The van der Waals surface area contributed by atoms with Gasteiger partial charge in [-0.3, -0.25) is 4.79 Å². The molecule has 1 amide bonds. The largest absolute Gasteiger partial charge is 0.497 e. The van der Waals surface area contributed by atoms with Crippen molar-refractivity contribution in [1.82, 2.24) is 5.32 Å². The van der Waals surface area contributed by atoms with Crippen molar-refractivity contribution in [3.8, 4) is 11.5 Å². The fourth-order valence-corrected chi connectivity index (χ4v) is 2.44. The molecule has 23 heavy (non-hydrogen) atoms. The van der Waals surface area contributed by atoms with E-state index in [1.165, 1.54) is 19.3 Å². The third kappa shape index (κ3) is 6.93. The van der Waals surface area contributed by atoms with Gasteiger partial charge in [0.1, 0.15) is 11.5 Å². The molecule has 0 saturated heterocycles. The van der Waals surface area contributed by atoms with Gasteiger partial charge in [-0.2, -0.15) is 0 Å². The molecular weight excluding hydrogens is 290 g/mol. The lowest BCUT2D eigenvalue weighted by molar-refractivity contribution is -0.128. The summed E-state index contributed by atoms with van der Waals surface area (Å²) in [5.74, 6) is 1.98. The standard InChI is InChI=1S/C19H31NO3/c1-5-8-9-15(6-2)14-20-19(21)18(7-3)23-17-12-10-16(22-4)11-13-17/h10-13,15,18H,5-9,14H2,1-4H3,(H,20,21)/t15-,18-/m1/s1. The number of carbonyl (C=O) groups excluding carboxylic acids is 1. The zero-order valence-electron chi connectivity index (χ0n) is 14.9. The molecule has 0 aliphatic heterocycles. The molecule has 2 atom stereocenters. The third-order valence-electron chi connectivity index (χ3n) is 4.11. The Morgan fingerprint density at radius 2 is 1.74 bits per heavy atom. The van der Waals surface area contributed by atoms with Gasteiger partial charge in [-0.15, -0.1) is 0 Å². The smallest absolute Gasteiger partial charge is 0.261 e. The molecule has 0 spiro atoms. The van der Waals surface area contributed by atoms with Crippen molar-refractivity contribution in [1.29, 1.82) is 0 Å². The minimum Gasteiger partial charge on any atom is -0.497 e. The van der Waals surface area contributed by atoms with Crippen LogP contribution in [0.15, 0.2) is 24.3 Å². The molecule has 0 saturated carbocycles. The Morgan fingerprint density at radius 3 is 2.26 bits per heavy atom. The Hall–Kier alpha value is -1.71. The van der Waals surface area contributed by atoms with Crippen LogP contribution >= 0.6 is 0 Å². The molecule has 1 aromatic carbocycles. The summed E-state index contributed by atoms with van der Waals surface area (Å²) in [6, 6.07) is 7.31. The zero-order chi connectivity index (χ0) is 17.1. The van der Waals surface area contributed by atoms with Crippen molar-refractivity contribution in [2.75, 3.05) is 13.7 Å². The number of hydrogen-bond donors (Lipinski definition) is 1. The molecule has 1 rings (SSSR count). The first-order valence-corrected chi connectivity index (χ1v) is 8.72. The molecule has 0 aliphatic carbocycles.